The fourth-order valence-electron chi connectivity index (χ4n) is 1.81. The highest BCUT2D eigenvalue weighted by Crippen LogP contribution is 2.30. The first-order chi connectivity index (χ1) is 7.18. The number of aromatic nitrogens is 2. The number of anilines is 2. The van der Waals surface area contributed by atoms with Crippen LogP contribution >= 0.6 is 15.9 Å². The van der Waals surface area contributed by atoms with Gasteiger partial charge in [-0.05, 0) is 34.7 Å². The van der Waals surface area contributed by atoms with E-state index in [0.29, 0.717) is 5.82 Å². The number of hydrogen-bond donors (Lipinski definition) is 1. The van der Waals surface area contributed by atoms with Gasteiger partial charge in [-0.15, -0.1) is 0 Å². The molecule has 2 N–H and O–H groups in total. The monoisotopic (exact) mass is 270 g/mol. The van der Waals surface area contributed by atoms with E-state index in [-0.39, 0.29) is 0 Å². The molecule has 0 radical (unpaired) electrons. The maximum absolute atomic E-state index is 5.73. The van der Waals surface area contributed by atoms with Crippen LogP contribution in [0.15, 0.2) is 10.8 Å². The Labute approximate surface area is 98.0 Å². The van der Waals surface area contributed by atoms with Gasteiger partial charge < -0.3 is 10.6 Å². The molecule has 0 aliphatic carbocycles. The van der Waals surface area contributed by atoms with Crippen molar-refractivity contribution >= 4 is 27.6 Å². The molecular weight excluding hydrogens is 256 g/mol. The summed E-state index contributed by atoms with van der Waals surface area (Å²) in [4.78, 5) is 10.5. The molecule has 1 fully saturated rings. The van der Waals surface area contributed by atoms with Gasteiger partial charge in [0.2, 0.25) is 0 Å². The van der Waals surface area contributed by atoms with Crippen LogP contribution in [0.4, 0.5) is 11.6 Å². The Morgan fingerprint density at radius 1 is 1.40 bits per heavy atom. The van der Waals surface area contributed by atoms with E-state index < -0.39 is 0 Å². The molecular formula is C10H15BrN4. The highest BCUT2D eigenvalue weighted by atomic mass is 79.9. The van der Waals surface area contributed by atoms with E-state index in [9.17, 15) is 0 Å². The van der Waals surface area contributed by atoms with Crippen molar-refractivity contribution in [2.45, 2.75) is 19.8 Å². The van der Waals surface area contributed by atoms with E-state index in [2.05, 4.69) is 37.7 Å². The van der Waals surface area contributed by atoms with Gasteiger partial charge in [0.05, 0.1) is 0 Å². The maximum atomic E-state index is 5.73. The molecule has 2 rings (SSSR count). The number of nitrogens with two attached hydrogens (primary N) is 1. The van der Waals surface area contributed by atoms with Crippen LogP contribution in [0.2, 0.25) is 0 Å². The highest BCUT2D eigenvalue weighted by Gasteiger charge is 2.19. The summed E-state index contributed by atoms with van der Waals surface area (Å²) < 4.78 is 0.819. The van der Waals surface area contributed by atoms with Gasteiger partial charge in [-0.3, -0.25) is 0 Å². The van der Waals surface area contributed by atoms with Gasteiger partial charge in [0.15, 0.2) is 0 Å². The lowest BCUT2D eigenvalue weighted by Gasteiger charge is -2.31. The first-order valence-corrected chi connectivity index (χ1v) is 5.98. The van der Waals surface area contributed by atoms with Crippen LogP contribution in [0.1, 0.15) is 19.8 Å². The summed E-state index contributed by atoms with van der Waals surface area (Å²) in [6.07, 6.45) is 3.96. The van der Waals surface area contributed by atoms with E-state index in [4.69, 9.17) is 5.73 Å². The molecule has 2 heterocycles. The Morgan fingerprint density at radius 2 is 2.07 bits per heavy atom. The van der Waals surface area contributed by atoms with E-state index in [1.165, 1.54) is 19.2 Å². The van der Waals surface area contributed by atoms with Crippen molar-refractivity contribution in [1.82, 2.24) is 9.97 Å². The Balaban J connectivity index is 2.19. The predicted molar refractivity (Wildman–Crippen MR) is 64.8 cm³/mol. The molecule has 0 aromatic carbocycles. The minimum atomic E-state index is 0.513. The second-order valence-electron chi connectivity index (χ2n) is 4.07. The lowest BCUT2D eigenvalue weighted by molar-refractivity contribution is 0.436. The molecule has 0 atom stereocenters. The molecule has 82 valence electrons. The topological polar surface area (TPSA) is 55.0 Å². The van der Waals surface area contributed by atoms with E-state index in [1.54, 1.807) is 0 Å². The first-order valence-electron chi connectivity index (χ1n) is 5.19. The van der Waals surface area contributed by atoms with Crippen molar-refractivity contribution in [1.29, 1.82) is 0 Å². The molecule has 1 aromatic rings. The minimum Gasteiger partial charge on any atom is -0.383 e. The summed E-state index contributed by atoms with van der Waals surface area (Å²) in [5, 5.41) is 0. The number of halogens is 1. The Bertz CT molecular complexity index is 347. The van der Waals surface area contributed by atoms with Crippen LogP contribution < -0.4 is 10.6 Å². The largest absolute Gasteiger partial charge is 0.383 e. The second-order valence-corrected chi connectivity index (χ2v) is 4.86. The smallest absolute Gasteiger partial charge is 0.148 e. The fourth-order valence-corrected chi connectivity index (χ4v) is 2.27. The zero-order chi connectivity index (χ0) is 10.8. The summed E-state index contributed by atoms with van der Waals surface area (Å²) in [6.45, 7) is 4.40. The quantitative estimate of drug-likeness (QED) is 0.849. The minimum absolute atomic E-state index is 0.513. The van der Waals surface area contributed by atoms with Crippen LogP contribution in [0.25, 0.3) is 0 Å². The molecule has 0 unspecified atom stereocenters. The predicted octanol–water partition coefficient (Wildman–Crippen LogP) is 2.06. The molecule has 0 amide bonds. The van der Waals surface area contributed by atoms with Crippen molar-refractivity contribution in [3.8, 4) is 0 Å². The van der Waals surface area contributed by atoms with Crippen LogP contribution in [0.3, 0.4) is 0 Å². The molecule has 0 spiro atoms. The summed E-state index contributed by atoms with van der Waals surface area (Å²) in [7, 11) is 0. The molecule has 1 aliphatic heterocycles. The van der Waals surface area contributed by atoms with Gasteiger partial charge in [0, 0.05) is 13.1 Å². The molecule has 0 saturated carbocycles. The normalized spacial score (nSPS) is 18.1. The SMILES string of the molecule is CC1CCN(c2ncnc(N)c2Br)CC1. The van der Waals surface area contributed by atoms with Gasteiger partial charge in [-0.25, -0.2) is 9.97 Å². The third kappa shape index (κ3) is 2.22. The van der Waals surface area contributed by atoms with Crippen LogP contribution in [0.5, 0.6) is 0 Å². The molecule has 5 heteroatoms. The van der Waals surface area contributed by atoms with Gasteiger partial charge in [0.1, 0.15) is 22.4 Å². The first kappa shape index (κ1) is 10.7. The standard InChI is InChI=1S/C10H15BrN4/c1-7-2-4-15(5-3-7)10-8(11)9(12)13-6-14-10/h6-7H,2-5H2,1H3,(H2,12,13,14). The van der Waals surface area contributed by atoms with Crippen molar-refractivity contribution in [2.75, 3.05) is 23.7 Å². The van der Waals surface area contributed by atoms with Crippen molar-refractivity contribution in [3.05, 3.63) is 10.8 Å². The molecule has 1 aliphatic rings. The fraction of sp³-hybridized carbons (Fsp3) is 0.600. The summed E-state index contributed by atoms with van der Waals surface area (Å²) in [6, 6.07) is 0. The van der Waals surface area contributed by atoms with E-state index >= 15 is 0 Å². The number of hydrogen-bond acceptors (Lipinski definition) is 4. The third-order valence-corrected chi connectivity index (χ3v) is 3.64. The van der Waals surface area contributed by atoms with Gasteiger partial charge >= 0.3 is 0 Å². The van der Waals surface area contributed by atoms with Crippen molar-refractivity contribution in [3.63, 3.8) is 0 Å². The summed E-state index contributed by atoms with van der Waals surface area (Å²) in [5.74, 6) is 2.26. The zero-order valence-electron chi connectivity index (χ0n) is 8.78. The van der Waals surface area contributed by atoms with Gasteiger partial charge in [0.25, 0.3) is 0 Å². The Morgan fingerprint density at radius 3 is 2.73 bits per heavy atom. The van der Waals surface area contributed by atoms with E-state index in [1.807, 2.05) is 0 Å². The summed E-state index contributed by atoms with van der Waals surface area (Å²) in [5.41, 5.74) is 5.73. The number of piperidine rings is 1. The van der Waals surface area contributed by atoms with E-state index in [0.717, 1.165) is 29.3 Å². The lowest BCUT2D eigenvalue weighted by Crippen LogP contribution is -2.33. The van der Waals surface area contributed by atoms with Crippen molar-refractivity contribution in [2.24, 2.45) is 5.92 Å². The number of nitrogens with zero attached hydrogens (tertiary/aromatic N) is 3. The molecule has 15 heavy (non-hydrogen) atoms. The number of rotatable bonds is 1. The summed E-state index contributed by atoms with van der Waals surface area (Å²) >= 11 is 3.44. The number of nitrogen functional groups attached to an aromatic ring is 1. The molecule has 4 nitrogen and oxygen atoms in total. The second kappa shape index (κ2) is 4.35. The Kier molecular flexibility index (Phi) is 3.09. The Hall–Kier alpha value is -0.840. The van der Waals surface area contributed by atoms with Crippen molar-refractivity contribution < 1.29 is 0 Å². The zero-order valence-corrected chi connectivity index (χ0v) is 10.4. The lowest BCUT2D eigenvalue weighted by atomic mass is 9.99. The molecule has 1 aromatic heterocycles. The maximum Gasteiger partial charge on any atom is 0.148 e. The van der Waals surface area contributed by atoms with Crippen LogP contribution in [-0.4, -0.2) is 23.1 Å². The molecule has 1 saturated heterocycles. The van der Waals surface area contributed by atoms with Gasteiger partial charge in [-0.2, -0.15) is 0 Å². The van der Waals surface area contributed by atoms with Crippen LogP contribution in [-0.2, 0) is 0 Å². The highest BCUT2D eigenvalue weighted by molar-refractivity contribution is 9.10. The average Bonchev–Trinajstić information content (AvgIpc) is 2.24. The molecule has 0 bridgehead atoms. The van der Waals surface area contributed by atoms with Crippen LogP contribution in [0, 0.1) is 5.92 Å². The van der Waals surface area contributed by atoms with Gasteiger partial charge in [-0.1, -0.05) is 6.92 Å². The third-order valence-electron chi connectivity index (χ3n) is 2.88. The average molecular weight is 271 g/mol.